The molecule has 1 aliphatic rings. The van der Waals surface area contributed by atoms with Gasteiger partial charge in [0.05, 0.1) is 13.7 Å². The van der Waals surface area contributed by atoms with Crippen LogP contribution in [0.5, 0.6) is 5.75 Å². The third-order valence-corrected chi connectivity index (χ3v) is 6.35. The Morgan fingerprint density at radius 1 is 0.861 bits per heavy atom. The van der Waals surface area contributed by atoms with E-state index < -0.39 is 35.8 Å². The van der Waals surface area contributed by atoms with Crippen molar-refractivity contribution in [2.75, 3.05) is 13.7 Å². The van der Waals surface area contributed by atoms with Crippen molar-refractivity contribution >= 4 is 0 Å². The summed E-state index contributed by atoms with van der Waals surface area (Å²) >= 11 is 0. The van der Waals surface area contributed by atoms with E-state index in [4.69, 9.17) is 25.4 Å². The number of benzene rings is 3. The van der Waals surface area contributed by atoms with Gasteiger partial charge in [0, 0.05) is 0 Å². The summed E-state index contributed by atoms with van der Waals surface area (Å²) in [6.45, 7) is 3.31. The molecule has 0 saturated carbocycles. The highest BCUT2D eigenvalue weighted by atomic mass is 16.8. The maximum Gasteiger partial charge on any atom is 0.164 e. The fourth-order valence-corrected chi connectivity index (χ4v) is 4.68. The number of aliphatic hydroxyl groups is 2. The Bertz CT molecular complexity index is 1110. The Kier molecular flexibility index (Phi) is 7.79. The van der Waals surface area contributed by atoms with E-state index in [9.17, 15) is 10.2 Å². The van der Waals surface area contributed by atoms with Crippen molar-refractivity contribution in [2.45, 2.75) is 49.7 Å². The molecule has 4 atom stereocenters. The van der Waals surface area contributed by atoms with Gasteiger partial charge in [-0.25, -0.2) is 0 Å². The van der Waals surface area contributed by atoms with Gasteiger partial charge >= 0.3 is 0 Å². The summed E-state index contributed by atoms with van der Waals surface area (Å²) in [4.78, 5) is 0. The third-order valence-electron chi connectivity index (χ3n) is 6.35. The van der Waals surface area contributed by atoms with Crippen LogP contribution in [-0.4, -0.2) is 54.1 Å². The lowest BCUT2D eigenvalue weighted by atomic mass is 9.80. The number of methoxy groups -OCH3 is 1. The topological polar surface area (TPSA) is 77.4 Å². The molecule has 3 aromatic rings. The molecule has 1 fully saturated rings. The average Bonchev–Trinajstić information content (AvgIpc) is 3.25. The van der Waals surface area contributed by atoms with Gasteiger partial charge in [0.1, 0.15) is 35.8 Å². The molecule has 0 aliphatic carbocycles. The minimum atomic E-state index is -1.24. The number of ether oxygens (including phenoxy) is 4. The SMILES string of the molecule is C#CC(O)[C@@H]1OC(C)(C)O[C@@H]1C(O)COC(c1ccccc1)(c1ccccc1)c1ccc(OC)cc1. The first kappa shape index (κ1) is 25.9. The molecule has 1 heterocycles. The molecule has 3 aromatic carbocycles. The van der Waals surface area contributed by atoms with Crippen LogP contribution >= 0.6 is 0 Å². The molecule has 1 saturated heterocycles. The molecule has 2 unspecified atom stereocenters. The second-order valence-corrected chi connectivity index (χ2v) is 9.20. The van der Waals surface area contributed by atoms with Crippen molar-refractivity contribution in [2.24, 2.45) is 0 Å². The molecule has 0 aromatic heterocycles. The summed E-state index contributed by atoms with van der Waals surface area (Å²) < 4.78 is 23.8. The number of aliphatic hydroxyl groups excluding tert-OH is 2. The van der Waals surface area contributed by atoms with Crippen LogP contribution in [0.2, 0.25) is 0 Å². The van der Waals surface area contributed by atoms with Crippen LogP contribution in [0.25, 0.3) is 0 Å². The highest BCUT2D eigenvalue weighted by molar-refractivity contribution is 5.48. The predicted molar refractivity (Wildman–Crippen MR) is 136 cm³/mol. The molecule has 4 rings (SSSR count). The van der Waals surface area contributed by atoms with Crippen molar-refractivity contribution in [3.8, 4) is 18.1 Å². The number of hydrogen-bond acceptors (Lipinski definition) is 6. The molecular weight excluding hydrogens is 456 g/mol. The highest BCUT2D eigenvalue weighted by Crippen LogP contribution is 2.42. The Morgan fingerprint density at radius 2 is 1.36 bits per heavy atom. The van der Waals surface area contributed by atoms with Crippen LogP contribution < -0.4 is 4.74 Å². The number of terminal acetylenes is 1. The first-order valence-electron chi connectivity index (χ1n) is 11.9. The van der Waals surface area contributed by atoms with Crippen molar-refractivity contribution in [1.82, 2.24) is 0 Å². The summed E-state index contributed by atoms with van der Waals surface area (Å²) in [5.41, 5.74) is 1.58. The van der Waals surface area contributed by atoms with E-state index >= 15 is 0 Å². The van der Waals surface area contributed by atoms with Gasteiger partial charge in [-0.2, -0.15) is 0 Å². The zero-order valence-corrected chi connectivity index (χ0v) is 20.7. The largest absolute Gasteiger partial charge is 0.497 e. The molecule has 0 amide bonds. The van der Waals surface area contributed by atoms with E-state index in [0.29, 0.717) is 0 Å². The van der Waals surface area contributed by atoms with E-state index in [0.717, 1.165) is 22.4 Å². The van der Waals surface area contributed by atoms with E-state index in [2.05, 4.69) is 5.92 Å². The van der Waals surface area contributed by atoms with E-state index in [-0.39, 0.29) is 6.61 Å². The van der Waals surface area contributed by atoms with Crippen LogP contribution in [0.4, 0.5) is 0 Å². The minimum Gasteiger partial charge on any atom is -0.497 e. The quantitative estimate of drug-likeness (QED) is 0.352. The summed E-state index contributed by atoms with van der Waals surface area (Å²) in [6, 6.07) is 27.3. The molecule has 0 radical (unpaired) electrons. The molecule has 6 heteroatoms. The molecule has 0 bridgehead atoms. The van der Waals surface area contributed by atoms with Gasteiger partial charge in [-0.1, -0.05) is 78.7 Å². The smallest absolute Gasteiger partial charge is 0.164 e. The van der Waals surface area contributed by atoms with Gasteiger partial charge in [0.2, 0.25) is 0 Å². The number of rotatable bonds is 9. The van der Waals surface area contributed by atoms with Crippen LogP contribution in [0.1, 0.15) is 30.5 Å². The van der Waals surface area contributed by atoms with Crippen LogP contribution in [-0.2, 0) is 19.8 Å². The first-order chi connectivity index (χ1) is 17.3. The zero-order chi connectivity index (χ0) is 25.8. The maximum atomic E-state index is 11.3. The van der Waals surface area contributed by atoms with Gasteiger partial charge < -0.3 is 29.2 Å². The molecular formula is C30H32O6. The summed E-state index contributed by atoms with van der Waals surface area (Å²) in [7, 11) is 1.62. The first-order valence-corrected chi connectivity index (χ1v) is 11.9. The molecule has 36 heavy (non-hydrogen) atoms. The second kappa shape index (κ2) is 10.8. The van der Waals surface area contributed by atoms with Gasteiger partial charge in [-0.3, -0.25) is 0 Å². The van der Waals surface area contributed by atoms with Crippen LogP contribution in [0, 0.1) is 12.3 Å². The monoisotopic (exact) mass is 488 g/mol. The molecule has 2 N–H and O–H groups in total. The molecule has 188 valence electrons. The van der Waals surface area contributed by atoms with Gasteiger partial charge in [-0.05, 0) is 42.7 Å². The fraction of sp³-hybridized carbons (Fsp3) is 0.333. The summed E-state index contributed by atoms with van der Waals surface area (Å²) in [5, 5.41) is 21.6. The van der Waals surface area contributed by atoms with Crippen LogP contribution in [0.15, 0.2) is 84.9 Å². The summed E-state index contributed by atoms with van der Waals surface area (Å²) in [5.74, 6) is 1.98. The van der Waals surface area contributed by atoms with Crippen LogP contribution in [0.3, 0.4) is 0 Å². The third kappa shape index (κ3) is 5.17. The number of hydrogen-bond donors (Lipinski definition) is 2. The van der Waals surface area contributed by atoms with Gasteiger partial charge in [0.15, 0.2) is 5.79 Å². The van der Waals surface area contributed by atoms with Gasteiger partial charge in [0.25, 0.3) is 0 Å². The van der Waals surface area contributed by atoms with Crippen molar-refractivity contribution in [3.63, 3.8) is 0 Å². The molecule has 0 spiro atoms. The van der Waals surface area contributed by atoms with E-state index in [1.807, 2.05) is 84.9 Å². The van der Waals surface area contributed by atoms with Gasteiger partial charge in [-0.15, -0.1) is 6.42 Å². The summed E-state index contributed by atoms with van der Waals surface area (Å²) in [6.07, 6.45) is 1.29. The van der Waals surface area contributed by atoms with Crippen molar-refractivity contribution < 1.29 is 29.2 Å². The van der Waals surface area contributed by atoms with Crippen molar-refractivity contribution in [1.29, 1.82) is 0 Å². The molecule has 1 aliphatic heterocycles. The van der Waals surface area contributed by atoms with Crippen molar-refractivity contribution in [3.05, 3.63) is 102 Å². The zero-order valence-electron chi connectivity index (χ0n) is 20.7. The lowest BCUT2D eigenvalue weighted by Gasteiger charge is -2.37. The lowest BCUT2D eigenvalue weighted by Crippen LogP contribution is -2.45. The predicted octanol–water partition coefficient (Wildman–Crippen LogP) is 3.88. The Morgan fingerprint density at radius 3 is 1.86 bits per heavy atom. The van der Waals surface area contributed by atoms with E-state index in [1.165, 1.54) is 0 Å². The Labute approximate surface area is 212 Å². The Balaban J connectivity index is 1.75. The average molecular weight is 489 g/mol. The maximum absolute atomic E-state index is 11.3. The molecule has 6 nitrogen and oxygen atoms in total. The lowest BCUT2D eigenvalue weighted by molar-refractivity contribution is -0.163. The Hall–Kier alpha value is -3.18. The second-order valence-electron chi connectivity index (χ2n) is 9.20. The minimum absolute atomic E-state index is 0.117. The van der Waals surface area contributed by atoms with E-state index in [1.54, 1.807) is 21.0 Å². The highest BCUT2D eigenvalue weighted by Gasteiger charge is 2.48. The normalized spacial score (nSPS) is 20.9. The fourth-order valence-electron chi connectivity index (χ4n) is 4.68. The standard InChI is InChI=1S/C30H32O6/c1-5-25(31)27-28(36-29(2,3)35-27)26(32)20-34-30(21-12-8-6-9-13-21,22-14-10-7-11-15-22)23-16-18-24(33-4)19-17-23/h1,6-19,25-28,31-32H,20H2,2-4H3/t25?,26?,27-,28+/m0/s1.